The van der Waals surface area contributed by atoms with Crippen LogP contribution in [0.3, 0.4) is 0 Å². The number of nitrogens with one attached hydrogen (secondary N) is 1. The van der Waals surface area contributed by atoms with E-state index in [9.17, 15) is 9.90 Å². The molecule has 1 saturated heterocycles. The minimum absolute atomic E-state index is 0.0532. The van der Waals surface area contributed by atoms with Gasteiger partial charge in [0.2, 0.25) is 0 Å². The smallest absolute Gasteiger partial charge is 0.253 e. The molecule has 0 aromatic heterocycles. The van der Waals surface area contributed by atoms with E-state index in [0.29, 0.717) is 24.3 Å². The third-order valence-electron chi connectivity index (χ3n) is 7.61. The summed E-state index contributed by atoms with van der Waals surface area (Å²) < 4.78 is 6.11. The van der Waals surface area contributed by atoms with Gasteiger partial charge in [-0.3, -0.25) is 4.79 Å². The summed E-state index contributed by atoms with van der Waals surface area (Å²) in [7, 11) is 0. The number of nitrogens with zero attached hydrogens (tertiary/aromatic N) is 2. The molecule has 2 heterocycles. The van der Waals surface area contributed by atoms with Crippen LogP contribution in [-0.2, 0) is 4.74 Å². The second-order valence-electron chi connectivity index (χ2n) is 9.88. The van der Waals surface area contributed by atoms with Crippen LogP contribution >= 0.6 is 11.8 Å². The van der Waals surface area contributed by atoms with Gasteiger partial charge in [0.15, 0.2) is 5.17 Å². The lowest BCUT2D eigenvalue weighted by Crippen LogP contribution is -2.44. The number of piperidine rings is 1. The summed E-state index contributed by atoms with van der Waals surface area (Å²) in [4.78, 5) is 19.0. The Hall–Kier alpha value is -1.73. The maximum Gasteiger partial charge on any atom is 0.253 e. The first-order valence-electron chi connectivity index (χ1n) is 11.7. The topological polar surface area (TPSA) is 74.2 Å². The molecule has 2 aliphatic heterocycles. The molecule has 1 amide bonds. The highest BCUT2D eigenvalue weighted by molar-refractivity contribution is 8.14. The molecule has 31 heavy (non-hydrogen) atoms. The molecule has 6 nitrogen and oxygen atoms in total. The van der Waals surface area contributed by atoms with E-state index < -0.39 is 0 Å². The third kappa shape index (κ3) is 4.72. The number of benzene rings is 1. The lowest BCUT2D eigenvalue weighted by Gasteiger charge is -2.39. The normalized spacial score (nSPS) is 33.4. The number of ether oxygens (including phenoxy) is 1. The average molecular weight is 444 g/mol. The highest BCUT2D eigenvalue weighted by Crippen LogP contribution is 2.45. The zero-order valence-corrected chi connectivity index (χ0v) is 19.1. The molecular formula is C24H33N3O3S. The number of aliphatic imine (C=N–C) groups is 1. The number of carbonyl (C=O) groups is 1. The van der Waals surface area contributed by atoms with Crippen molar-refractivity contribution in [3.05, 3.63) is 29.8 Å². The number of hydrogen-bond donors (Lipinski definition) is 2. The summed E-state index contributed by atoms with van der Waals surface area (Å²) in [5.74, 6) is 2.54. The van der Waals surface area contributed by atoms with Gasteiger partial charge in [-0.25, -0.2) is 4.99 Å². The molecule has 4 atom stereocenters. The van der Waals surface area contributed by atoms with E-state index in [1.54, 1.807) is 36.0 Å². The van der Waals surface area contributed by atoms with Crippen molar-refractivity contribution in [3.63, 3.8) is 0 Å². The molecule has 3 fully saturated rings. The molecular weight excluding hydrogens is 410 g/mol. The summed E-state index contributed by atoms with van der Waals surface area (Å²) in [6.07, 6.45) is 8.45. The van der Waals surface area contributed by atoms with E-state index in [2.05, 4.69) is 17.2 Å². The lowest BCUT2D eigenvalue weighted by molar-refractivity contribution is 0.0160. The first-order chi connectivity index (χ1) is 15.0. The van der Waals surface area contributed by atoms with Gasteiger partial charge in [0.1, 0.15) is 17.4 Å². The highest BCUT2D eigenvalue weighted by atomic mass is 32.2. The monoisotopic (exact) mass is 443 g/mol. The fourth-order valence-electron chi connectivity index (χ4n) is 5.90. The van der Waals surface area contributed by atoms with Crippen LogP contribution in [0.1, 0.15) is 62.2 Å². The molecule has 4 aliphatic rings. The molecule has 1 aromatic rings. The predicted octanol–water partition coefficient (Wildman–Crippen LogP) is 4.21. The van der Waals surface area contributed by atoms with Crippen molar-refractivity contribution in [2.75, 3.05) is 19.8 Å². The molecule has 1 unspecified atom stereocenters. The number of rotatable bonds is 4. The van der Waals surface area contributed by atoms with Gasteiger partial charge < -0.3 is 20.1 Å². The number of likely N-dealkylation sites (tertiary alicyclic amines) is 1. The Bertz CT molecular complexity index is 837. The van der Waals surface area contributed by atoms with Gasteiger partial charge in [-0.05, 0) is 87.5 Å². The van der Waals surface area contributed by atoms with Crippen LogP contribution in [0.15, 0.2) is 29.3 Å². The Kier molecular flexibility index (Phi) is 5.90. The predicted molar refractivity (Wildman–Crippen MR) is 123 cm³/mol. The summed E-state index contributed by atoms with van der Waals surface area (Å²) in [6.45, 7) is 4.18. The van der Waals surface area contributed by atoms with E-state index in [1.807, 2.05) is 4.90 Å². The van der Waals surface area contributed by atoms with Crippen LogP contribution in [0.5, 0.6) is 5.75 Å². The van der Waals surface area contributed by atoms with Gasteiger partial charge in [0, 0.05) is 24.7 Å². The van der Waals surface area contributed by atoms with E-state index in [-0.39, 0.29) is 16.6 Å². The molecule has 1 aromatic carbocycles. The molecule has 168 valence electrons. The second kappa shape index (κ2) is 8.66. The van der Waals surface area contributed by atoms with Crippen molar-refractivity contribution < 1.29 is 14.6 Å². The fourth-order valence-corrected chi connectivity index (χ4v) is 7.07. The maximum atomic E-state index is 12.7. The zero-order valence-electron chi connectivity index (χ0n) is 18.3. The van der Waals surface area contributed by atoms with E-state index in [4.69, 9.17) is 4.74 Å². The molecule has 0 spiro atoms. The van der Waals surface area contributed by atoms with Gasteiger partial charge >= 0.3 is 0 Å². The third-order valence-corrected chi connectivity index (χ3v) is 8.77. The van der Waals surface area contributed by atoms with E-state index >= 15 is 0 Å². The van der Waals surface area contributed by atoms with Crippen molar-refractivity contribution in [1.29, 1.82) is 0 Å². The Morgan fingerprint density at radius 3 is 2.68 bits per heavy atom. The summed E-state index contributed by atoms with van der Waals surface area (Å²) in [5, 5.41) is 14.2. The summed E-state index contributed by atoms with van der Waals surface area (Å²) in [5.41, 5.74) is 0.641. The van der Waals surface area contributed by atoms with Crippen LogP contribution in [-0.4, -0.2) is 51.9 Å². The van der Waals surface area contributed by atoms with E-state index in [1.165, 1.54) is 25.7 Å². The van der Waals surface area contributed by atoms with Crippen LogP contribution in [0.25, 0.3) is 0 Å². The standard InChI is InChI=1S/C24H33N3O3S/c1-24(30-15-25-23(31-24)26-21-13-17-2-3-19(21)12-17)14-16-8-10-27(11-9-16)22(29)18-4-6-20(28)7-5-18/h4-7,16-17,19,21,28H,2-3,8-15H2,1H3,(H,25,26)/t17-,19+,21+,24?/m1/s1. The Labute approximate surface area is 188 Å². The van der Waals surface area contributed by atoms with Crippen LogP contribution in [0.4, 0.5) is 0 Å². The van der Waals surface area contributed by atoms with Crippen LogP contribution < -0.4 is 5.32 Å². The number of amides is 1. The molecule has 2 bridgehead atoms. The van der Waals surface area contributed by atoms with Gasteiger partial charge in [0.05, 0.1) is 0 Å². The number of phenols is 1. The van der Waals surface area contributed by atoms with Gasteiger partial charge in [-0.2, -0.15) is 0 Å². The molecule has 7 heteroatoms. The largest absolute Gasteiger partial charge is 0.508 e. The minimum Gasteiger partial charge on any atom is -0.508 e. The Balaban J connectivity index is 1.11. The molecule has 5 rings (SSSR count). The molecule has 2 aliphatic carbocycles. The first-order valence-corrected chi connectivity index (χ1v) is 12.5. The SMILES string of the molecule is CC1(CC2CCN(C(=O)c3ccc(O)cc3)CC2)OCN=C(N[C@H]2C[C@@H]3CC[C@H]2C3)S1. The van der Waals surface area contributed by atoms with Crippen molar-refractivity contribution in [2.45, 2.75) is 62.8 Å². The lowest BCUT2D eigenvalue weighted by atomic mass is 9.91. The van der Waals surface area contributed by atoms with Crippen molar-refractivity contribution >= 4 is 22.8 Å². The van der Waals surface area contributed by atoms with Crippen molar-refractivity contribution in [3.8, 4) is 5.75 Å². The second-order valence-corrected chi connectivity index (χ2v) is 11.3. The number of thioether (sulfide) groups is 1. The quantitative estimate of drug-likeness (QED) is 0.729. The minimum atomic E-state index is -0.254. The number of phenolic OH excluding ortho intramolecular Hbond substituents is 1. The molecule has 0 radical (unpaired) electrons. The van der Waals surface area contributed by atoms with Crippen LogP contribution in [0.2, 0.25) is 0 Å². The highest BCUT2D eigenvalue weighted by Gasteiger charge is 2.42. The first kappa shape index (κ1) is 21.1. The van der Waals surface area contributed by atoms with Gasteiger partial charge in [-0.15, -0.1) is 0 Å². The number of fused-ring (bicyclic) bond motifs is 2. The van der Waals surface area contributed by atoms with Gasteiger partial charge in [-0.1, -0.05) is 18.2 Å². The number of carbonyl (C=O) groups excluding carboxylic acids is 1. The average Bonchev–Trinajstić information content (AvgIpc) is 3.37. The molecule has 2 N–H and O–H groups in total. The summed E-state index contributed by atoms with van der Waals surface area (Å²) in [6, 6.07) is 7.13. The zero-order chi connectivity index (χ0) is 21.4. The number of amidine groups is 1. The maximum absolute atomic E-state index is 12.7. The molecule has 2 saturated carbocycles. The Morgan fingerprint density at radius 2 is 2.00 bits per heavy atom. The van der Waals surface area contributed by atoms with Gasteiger partial charge in [0.25, 0.3) is 5.91 Å². The Morgan fingerprint density at radius 1 is 1.23 bits per heavy atom. The number of hydrogen-bond acceptors (Lipinski definition) is 6. The van der Waals surface area contributed by atoms with Crippen molar-refractivity contribution in [2.24, 2.45) is 22.7 Å². The number of aromatic hydroxyl groups is 1. The van der Waals surface area contributed by atoms with Crippen LogP contribution in [0, 0.1) is 17.8 Å². The fraction of sp³-hybridized carbons (Fsp3) is 0.667. The van der Waals surface area contributed by atoms with E-state index in [0.717, 1.165) is 49.4 Å². The summed E-state index contributed by atoms with van der Waals surface area (Å²) >= 11 is 1.76. The van der Waals surface area contributed by atoms with Crippen molar-refractivity contribution in [1.82, 2.24) is 10.2 Å².